The molecule has 20 heavy (non-hydrogen) atoms. The zero-order valence-electron chi connectivity index (χ0n) is 11.4. The number of aliphatic hydroxyl groups is 1. The number of benzene rings is 1. The monoisotopic (exact) mass is 280 g/mol. The van der Waals surface area contributed by atoms with E-state index >= 15 is 0 Å². The predicted octanol–water partition coefficient (Wildman–Crippen LogP) is 3.05. The second-order valence-electron chi connectivity index (χ2n) is 4.24. The first kappa shape index (κ1) is 14.6. The van der Waals surface area contributed by atoms with Crippen LogP contribution >= 0.6 is 0 Å². The van der Waals surface area contributed by atoms with Gasteiger partial charge in [0.1, 0.15) is 24.2 Å². The Bertz CT molecular complexity index is 565. The van der Waals surface area contributed by atoms with Crippen molar-refractivity contribution in [3.63, 3.8) is 0 Å². The molecule has 5 heteroatoms. The van der Waals surface area contributed by atoms with Crippen molar-refractivity contribution < 1.29 is 23.4 Å². The van der Waals surface area contributed by atoms with E-state index in [-0.39, 0.29) is 5.75 Å². The quantitative estimate of drug-likeness (QED) is 0.883. The maximum atomic E-state index is 13.6. The summed E-state index contributed by atoms with van der Waals surface area (Å²) in [4.78, 5) is 0. The lowest BCUT2D eigenvalue weighted by atomic mass is 10.1. The molecule has 0 amide bonds. The summed E-state index contributed by atoms with van der Waals surface area (Å²) >= 11 is 0. The van der Waals surface area contributed by atoms with Gasteiger partial charge in [0.05, 0.1) is 7.11 Å². The highest BCUT2D eigenvalue weighted by atomic mass is 19.1. The molecule has 0 spiro atoms. The number of methoxy groups -OCH3 is 1. The lowest BCUT2D eigenvalue weighted by molar-refractivity contribution is 0.112. The minimum absolute atomic E-state index is 0.137. The van der Waals surface area contributed by atoms with E-state index in [9.17, 15) is 9.50 Å². The third kappa shape index (κ3) is 3.18. The largest absolute Gasteiger partial charge is 0.494 e. The molecule has 0 bridgehead atoms. The fraction of sp³-hybridized carbons (Fsp3) is 0.333. The maximum absolute atomic E-state index is 13.6. The van der Waals surface area contributed by atoms with Crippen LogP contribution in [-0.4, -0.2) is 18.8 Å². The fourth-order valence-electron chi connectivity index (χ4n) is 1.84. The Balaban J connectivity index is 2.16. The summed E-state index contributed by atoms with van der Waals surface area (Å²) < 4.78 is 29.1. The highest BCUT2D eigenvalue weighted by molar-refractivity contribution is 5.33. The Labute approximate surface area is 116 Å². The molecule has 0 aliphatic rings. The molecule has 1 atom stereocenters. The summed E-state index contributed by atoms with van der Waals surface area (Å²) in [6.07, 6.45) is -1.02. The van der Waals surface area contributed by atoms with Crippen LogP contribution in [0.3, 0.4) is 0 Å². The molecule has 1 aromatic carbocycles. The molecule has 1 unspecified atom stereocenters. The van der Waals surface area contributed by atoms with Crippen LogP contribution in [0.4, 0.5) is 4.39 Å². The van der Waals surface area contributed by atoms with Crippen molar-refractivity contribution in [1.29, 1.82) is 0 Å². The summed E-state index contributed by atoms with van der Waals surface area (Å²) in [7, 11) is 1.39. The van der Waals surface area contributed by atoms with E-state index in [2.05, 4.69) is 0 Å². The van der Waals surface area contributed by atoms with Gasteiger partial charge < -0.3 is 19.0 Å². The molecule has 1 aromatic heterocycles. The van der Waals surface area contributed by atoms with Crippen LogP contribution in [0, 0.1) is 5.82 Å². The van der Waals surface area contributed by atoms with E-state index in [1.54, 1.807) is 18.2 Å². The Morgan fingerprint density at radius 2 is 2.10 bits per heavy atom. The van der Waals surface area contributed by atoms with Crippen LogP contribution < -0.4 is 4.74 Å². The Hall–Kier alpha value is -1.85. The Morgan fingerprint density at radius 1 is 1.30 bits per heavy atom. The van der Waals surface area contributed by atoms with Crippen LogP contribution in [-0.2, 0) is 11.3 Å². The first-order valence-corrected chi connectivity index (χ1v) is 6.33. The van der Waals surface area contributed by atoms with E-state index < -0.39 is 11.9 Å². The molecule has 4 nitrogen and oxygen atoms in total. The standard InChI is InChI=1S/C15H17FO4/c1-3-19-9-11-5-7-14(20-11)15(17)10-4-6-13(18-2)12(16)8-10/h4-8,15,17H,3,9H2,1-2H3. The van der Waals surface area contributed by atoms with Gasteiger partial charge in [-0.3, -0.25) is 0 Å². The van der Waals surface area contributed by atoms with Crippen LogP contribution in [0.2, 0.25) is 0 Å². The maximum Gasteiger partial charge on any atom is 0.165 e. The van der Waals surface area contributed by atoms with Crippen LogP contribution in [0.1, 0.15) is 30.1 Å². The van der Waals surface area contributed by atoms with Crippen molar-refractivity contribution >= 4 is 0 Å². The molecule has 0 saturated heterocycles. The first-order valence-electron chi connectivity index (χ1n) is 6.33. The summed E-state index contributed by atoms with van der Waals surface area (Å²) in [5.41, 5.74) is 0.403. The van der Waals surface area contributed by atoms with Gasteiger partial charge in [-0.2, -0.15) is 0 Å². The van der Waals surface area contributed by atoms with Crippen LogP contribution in [0.15, 0.2) is 34.7 Å². The average molecular weight is 280 g/mol. The molecule has 1 heterocycles. The van der Waals surface area contributed by atoms with Crippen molar-refractivity contribution in [2.75, 3.05) is 13.7 Å². The number of hydrogen-bond acceptors (Lipinski definition) is 4. The smallest absolute Gasteiger partial charge is 0.165 e. The lowest BCUT2D eigenvalue weighted by Crippen LogP contribution is -2.00. The SMILES string of the molecule is CCOCc1ccc(C(O)c2ccc(OC)c(F)c2)o1. The molecule has 0 aliphatic carbocycles. The Morgan fingerprint density at radius 3 is 2.75 bits per heavy atom. The molecule has 0 fully saturated rings. The summed E-state index contributed by atoms with van der Waals surface area (Å²) in [5.74, 6) is 0.585. The highest BCUT2D eigenvalue weighted by Crippen LogP contribution is 2.27. The van der Waals surface area contributed by atoms with Crippen LogP contribution in [0.5, 0.6) is 5.75 Å². The van der Waals surface area contributed by atoms with Gasteiger partial charge in [0, 0.05) is 6.61 Å². The molecule has 0 saturated carbocycles. The second-order valence-corrected chi connectivity index (χ2v) is 4.24. The van der Waals surface area contributed by atoms with Gasteiger partial charge >= 0.3 is 0 Å². The summed E-state index contributed by atoms with van der Waals surface area (Å²) in [6.45, 7) is 2.82. The minimum atomic E-state index is -1.02. The van der Waals surface area contributed by atoms with Gasteiger partial charge in [0.25, 0.3) is 0 Å². The number of furan rings is 1. The van der Waals surface area contributed by atoms with Gasteiger partial charge in [0.2, 0.25) is 0 Å². The zero-order chi connectivity index (χ0) is 14.5. The van der Waals surface area contributed by atoms with Crippen molar-refractivity contribution in [2.45, 2.75) is 19.6 Å². The van der Waals surface area contributed by atoms with Gasteiger partial charge in [-0.25, -0.2) is 4.39 Å². The number of halogens is 1. The Kier molecular flexibility index (Phi) is 4.76. The topological polar surface area (TPSA) is 51.8 Å². The van der Waals surface area contributed by atoms with Gasteiger partial charge in [-0.15, -0.1) is 0 Å². The lowest BCUT2D eigenvalue weighted by Gasteiger charge is -2.10. The van der Waals surface area contributed by atoms with Gasteiger partial charge in [-0.1, -0.05) is 6.07 Å². The molecule has 1 N–H and O–H groups in total. The van der Waals surface area contributed by atoms with Gasteiger partial charge in [-0.05, 0) is 36.8 Å². The van der Waals surface area contributed by atoms with Crippen molar-refractivity contribution in [1.82, 2.24) is 0 Å². The van der Waals surface area contributed by atoms with E-state index in [1.807, 2.05) is 6.92 Å². The van der Waals surface area contributed by atoms with Crippen molar-refractivity contribution in [2.24, 2.45) is 0 Å². The molecule has 108 valence electrons. The fourth-order valence-corrected chi connectivity index (χ4v) is 1.84. The molecule has 0 radical (unpaired) electrons. The van der Waals surface area contributed by atoms with Crippen molar-refractivity contribution in [3.05, 3.63) is 53.2 Å². The average Bonchev–Trinajstić information content (AvgIpc) is 2.93. The summed E-state index contributed by atoms with van der Waals surface area (Å²) in [6, 6.07) is 7.68. The number of ether oxygens (including phenoxy) is 2. The van der Waals surface area contributed by atoms with E-state index in [4.69, 9.17) is 13.9 Å². The third-order valence-corrected chi connectivity index (χ3v) is 2.89. The predicted molar refractivity (Wildman–Crippen MR) is 71.1 cm³/mol. The van der Waals surface area contributed by atoms with Crippen LogP contribution in [0.25, 0.3) is 0 Å². The number of rotatable bonds is 6. The molecule has 0 aliphatic heterocycles. The number of hydrogen-bond donors (Lipinski definition) is 1. The van der Waals surface area contributed by atoms with Gasteiger partial charge in [0.15, 0.2) is 11.6 Å². The van der Waals surface area contributed by atoms with E-state index in [0.717, 1.165) is 0 Å². The highest BCUT2D eigenvalue weighted by Gasteiger charge is 2.17. The molecule has 2 aromatic rings. The third-order valence-electron chi connectivity index (χ3n) is 2.89. The minimum Gasteiger partial charge on any atom is -0.494 e. The molecular formula is C15H17FO4. The zero-order valence-corrected chi connectivity index (χ0v) is 11.4. The van der Waals surface area contributed by atoms with Crippen molar-refractivity contribution in [3.8, 4) is 5.75 Å². The number of aliphatic hydroxyl groups excluding tert-OH is 1. The first-order chi connectivity index (χ1) is 9.65. The van der Waals surface area contributed by atoms with E-state index in [0.29, 0.717) is 30.3 Å². The van der Waals surface area contributed by atoms with E-state index in [1.165, 1.54) is 19.2 Å². The summed E-state index contributed by atoms with van der Waals surface area (Å²) in [5, 5.41) is 10.2. The normalized spacial score (nSPS) is 12.4. The molecular weight excluding hydrogens is 263 g/mol. The molecule has 2 rings (SSSR count). The second kappa shape index (κ2) is 6.54.